The molecular formula is C25H44N14O7. The van der Waals surface area contributed by atoms with Crippen LogP contribution in [0.3, 0.4) is 0 Å². The van der Waals surface area contributed by atoms with Crippen molar-refractivity contribution in [1.82, 2.24) is 42.5 Å². The van der Waals surface area contributed by atoms with Gasteiger partial charge in [-0.1, -0.05) is 0 Å². The number of carbonyl (C=O) groups excluding carboxylic acids is 7. The lowest BCUT2D eigenvalue weighted by Crippen LogP contribution is -2.63. The number of hydrogen-bond donors (Lipinski definition) is 13. The fourth-order valence-corrected chi connectivity index (χ4v) is 3.97. The van der Waals surface area contributed by atoms with Crippen LogP contribution in [0.15, 0.2) is 16.9 Å². The Balaban J connectivity index is 2.52. The zero-order valence-electron chi connectivity index (χ0n) is 28.1. The number of hydrogen-bond acceptors (Lipinski definition) is 13. The molecule has 2 aliphatic heterocycles. The summed E-state index contributed by atoms with van der Waals surface area (Å²) < 4.78 is 25.0. The van der Waals surface area contributed by atoms with Gasteiger partial charge in [-0.2, -0.15) is 0 Å². The molecule has 0 bridgehead atoms. The zero-order valence-corrected chi connectivity index (χ0v) is 25.1. The van der Waals surface area contributed by atoms with Gasteiger partial charge in [0.05, 0.1) is 10.1 Å². The Morgan fingerprint density at radius 1 is 1.11 bits per heavy atom. The van der Waals surface area contributed by atoms with Gasteiger partial charge in [0.1, 0.15) is 29.9 Å². The van der Waals surface area contributed by atoms with Gasteiger partial charge < -0.3 is 71.2 Å². The van der Waals surface area contributed by atoms with Gasteiger partial charge in [-0.15, -0.1) is 0 Å². The number of amides is 8. The normalized spacial score (nSPS) is 30.3. The summed E-state index contributed by atoms with van der Waals surface area (Å²) in [6, 6.07) is -10.6. The molecular weight excluding hydrogens is 608 g/mol. The lowest BCUT2D eigenvalue weighted by Gasteiger charge is -2.31. The van der Waals surface area contributed by atoms with Gasteiger partial charge in [-0.3, -0.25) is 33.8 Å². The minimum absolute atomic E-state index is 0.151. The summed E-state index contributed by atoms with van der Waals surface area (Å²) in [5.41, 5.74) is 27.3. The average Bonchev–Trinajstić information content (AvgIpc) is 2.98. The molecule has 0 aromatic rings. The molecule has 0 saturated carbocycles. The molecule has 256 valence electrons. The monoisotopic (exact) mass is 655 g/mol. The first-order valence-corrected chi connectivity index (χ1v) is 14.1. The van der Waals surface area contributed by atoms with E-state index >= 15 is 0 Å². The van der Waals surface area contributed by atoms with Gasteiger partial charge in [-0.25, -0.2) is 4.79 Å². The summed E-state index contributed by atoms with van der Waals surface area (Å²) >= 11 is 0. The fraction of sp³-hybridized carbons (Fsp3) is 0.600. The van der Waals surface area contributed by atoms with Gasteiger partial charge in [0, 0.05) is 38.2 Å². The van der Waals surface area contributed by atoms with Crippen LogP contribution in [-0.4, -0.2) is 110 Å². The van der Waals surface area contributed by atoms with E-state index in [1.807, 2.05) is 5.32 Å². The summed E-state index contributed by atoms with van der Waals surface area (Å²) in [6.45, 7) is -1.98. The third-order valence-corrected chi connectivity index (χ3v) is 6.45. The molecule has 0 aliphatic carbocycles. The molecule has 1 fully saturated rings. The highest BCUT2D eigenvalue weighted by atomic mass is 16.2. The summed E-state index contributed by atoms with van der Waals surface area (Å²) in [6.07, 6.45) is 0.672. The molecule has 21 nitrogen and oxygen atoms in total. The highest BCUT2D eigenvalue weighted by Crippen LogP contribution is 2.07. The number of rotatable bonds is 9. The van der Waals surface area contributed by atoms with Crippen molar-refractivity contribution in [2.24, 2.45) is 33.7 Å². The molecule has 1 saturated heterocycles. The maximum absolute atomic E-state index is 13.6. The molecule has 6 atom stereocenters. The van der Waals surface area contributed by atoms with Crippen molar-refractivity contribution < 1.29 is 37.7 Å². The predicted octanol–water partition coefficient (Wildman–Crippen LogP) is -7.21. The largest absolute Gasteiger partial charge is 0.370 e. The molecule has 0 spiro atoms. The van der Waals surface area contributed by atoms with Gasteiger partial charge >= 0.3 is 6.03 Å². The van der Waals surface area contributed by atoms with E-state index in [-0.39, 0.29) is 6.42 Å². The average molecular weight is 656 g/mol. The highest BCUT2D eigenvalue weighted by molar-refractivity contribution is 6.02. The summed E-state index contributed by atoms with van der Waals surface area (Å²) in [4.78, 5) is 93.8. The molecule has 18 N–H and O–H groups in total. The van der Waals surface area contributed by atoms with Crippen LogP contribution in [-0.2, 0) is 28.8 Å². The summed E-state index contributed by atoms with van der Waals surface area (Å²) in [7, 11) is 0. The number of nitrogens with two attached hydrogens (primary N) is 5. The molecule has 8 amide bonds. The SMILES string of the molecule is [2H]C1([2H])C[C@]([2H])([C@@H]2NC(=O)/C(=C/NC(N)=O)NC(=O)[C@H](CNC(=O)C[C@@H](N)CCCN)NC(=O)[C@H](C)NC(=O)[C@@H](N)CNC2=O)NC(N)=N1. The maximum atomic E-state index is 13.6. The first kappa shape index (κ1) is 32.4. The van der Waals surface area contributed by atoms with E-state index in [1.165, 1.54) is 6.92 Å². The van der Waals surface area contributed by atoms with Crippen LogP contribution in [0.4, 0.5) is 4.79 Å². The van der Waals surface area contributed by atoms with Gasteiger partial charge in [0.15, 0.2) is 5.96 Å². The molecule has 46 heavy (non-hydrogen) atoms. The molecule has 2 heterocycles. The Morgan fingerprint density at radius 3 is 2.48 bits per heavy atom. The lowest BCUT2D eigenvalue weighted by atomic mass is 10.0. The third kappa shape index (κ3) is 12.2. The standard InChI is InChI=1S/C25H44N14O7/c1-11-19(41)36-15(9-32-17(40)7-12(27)3-2-5-26)21(43)37-16(10-34-25(30)46)22(44)39-18(14-4-6-31-24(29)38-14)23(45)33-8-13(28)20(42)35-11/h10-15,18H,2-9,26-28H2,1H3,(H,32,40)(H,33,45)(H,35,42)(H,36,41)(H,37,43)(H,39,44)(H3,29,31,38)(H3,30,34,46)/b16-10-/t11-,12-,13-,14+,15-,18-/m0/s1/i6D2,14D. The van der Waals surface area contributed by atoms with E-state index < -0.39 is 115 Å². The Hall–Kier alpha value is -5.02. The predicted molar refractivity (Wildman–Crippen MR) is 163 cm³/mol. The number of nitrogens with one attached hydrogen (secondary N) is 8. The smallest absolute Gasteiger partial charge is 0.316 e. The van der Waals surface area contributed by atoms with Crippen molar-refractivity contribution in [3.8, 4) is 0 Å². The van der Waals surface area contributed by atoms with Crippen LogP contribution >= 0.6 is 0 Å². The van der Waals surface area contributed by atoms with E-state index in [4.69, 9.17) is 32.8 Å². The van der Waals surface area contributed by atoms with Crippen molar-refractivity contribution in [2.75, 3.05) is 26.1 Å². The summed E-state index contributed by atoms with van der Waals surface area (Å²) in [5.74, 6) is -6.60. The molecule has 0 radical (unpaired) electrons. The molecule has 2 rings (SSSR count). The lowest BCUT2D eigenvalue weighted by molar-refractivity contribution is -0.133. The van der Waals surface area contributed by atoms with E-state index in [2.05, 4.69) is 42.2 Å². The summed E-state index contributed by atoms with van der Waals surface area (Å²) in [5, 5.41) is 18.1. The minimum atomic E-state index is -2.48. The quantitative estimate of drug-likeness (QED) is 0.103. The van der Waals surface area contributed by atoms with Gasteiger partial charge in [0.25, 0.3) is 5.91 Å². The Bertz CT molecular complexity index is 1370. The topological polar surface area (TPSA) is 358 Å². The molecule has 0 aromatic carbocycles. The zero-order chi connectivity index (χ0) is 37.1. The van der Waals surface area contributed by atoms with Crippen LogP contribution in [0, 0.1) is 0 Å². The Labute approximate surface area is 268 Å². The van der Waals surface area contributed by atoms with E-state index in [9.17, 15) is 33.6 Å². The van der Waals surface area contributed by atoms with Crippen molar-refractivity contribution in [2.45, 2.75) is 68.8 Å². The third-order valence-electron chi connectivity index (χ3n) is 6.45. The first-order valence-electron chi connectivity index (χ1n) is 15.6. The van der Waals surface area contributed by atoms with E-state index in [0.29, 0.717) is 25.6 Å². The Kier molecular flexibility index (Phi) is 12.7. The molecule has 0 unspecified atom stereocenters. The fourth-order valence-electron chi connectivity index (χ4n) is 3.97. The number of primary amides is 1. The van der Waals surface area contributed by atoms with Gasteiger partial charge in [0.2, 0.25) is 29.5 Å². The van der Waals surface area contributed by atoms with Crippen LogP contribution < -0.4 is 71.2 Å². The second-order valence-corrected chi connectivity index (χ2v) is 10.3. The number of guanidine groups is 1. The Morgan fingerprint density at radius 2 is 1.83 bits per heavy atom. The van der Waals surface area contributed by atoms with Crippen LogP contribution in [0.25, 0.3) is 0 Å². The highest BCUT2D eigenvalue weighted by Gasteiger charge is 2.34. The first-order chi connectivity index (χ1) is 22.8. The van der Waals surface area contributed by atoms with Crippen LogP contribution in [0.1, 0.15) is 36.7 Å². The van der Waals surface area contributed by atoms with Gasteiger partial charge in [-0.05, 0) is 32.7 Å². The molecule has 0 aromatic heterocycles. The second kappa shape index (κ2) is 18.1. The number of nitrogens with zero attached hydrogens (tertiary/aromatic N) is 1. The van der Waals surface area contributed by atoms with Crippen LogP contribution in [0.2, 0.25) is 0 Å². The number of aliphatic imine (C=N–C) groups is 1. The maximum Gasteiger partial charge on any atom is 0.316 e. The van der Waals surface area contributed by atoms with Crippen molar-refractivity contribution in [3.05, 3.63) is 11.9 Å². The number of carbonyl (C=O) groups is 7. The minimum Gasteiger partial charge on any atom is -0.370 e. The van der Waals surface area contributed by atoms with Crippen molar-refractivity contribution in [3.63, 3.8) is 0 Å². The van der Waals surface area contributed by atoms with E-state index in [1.54, 1.807) is 0 Å². The molecule has 21 heteroatoms. The van der Waals surface area contributed by atoms with Crippen LogP contribution in [0.5, 0.6) is 0 Å². The van der Waals surface area contributed by atoms with Crippen molar-refractivity contribution >= 4 is 47.4 Å². The van der Waals surface area contributed by atoms with Crippen molar-refractivity contribution in [1.29, 1.82) is 0 Å². The number of urea groups is 1. The second-order valence-electron chi connectivity index (χ2n) is 10.3. The molecule has 2 aliphatic rings. The van der Waals surface area contributed by atoms with E-state index in [0.717, 1.165) is 0 Å².